The number of benzene rings is 1. The van der Waals surface area contributed by atoms with Crippen LogP contribution in [0.3, 0.4) is 0 Å². The van der Waals surface area contributed by atoms with Gasteiger partial charge in [-0.15, -0.1) is 10.2 Å². The zero-order chi connectivity index (χ0) is 21.6. The summed E-state index contributed by atoms with van der Waals surface area (Å²) in [5.41, 5.74) is 0.728. The van der Waals surface area contributed by atoms with E-state index in [1.165, 1.54) is 11.8 Å². The maximum absolute atomic E-state index is 12.5. The molecule has 1 saturated heterocycles. The number of aromatic nitrogens is 3. The van der Waals surface area contributed by atoms with Crippen LogP contribution in [0.2, 0.25) is 0 Å². The number of furan rings is 1. The highest BCUT2D eigenvalue weighted by molar-refractivity contribution is 7.99. The molecule has 1 amide bonds. The number of carbonyl (C=O) groups excluding carboxylic acids is 1. The van der Waals surface area contributed by atoms with Crippen molar-refractivity contribution < 1.29 is 13.9 Å². The average molecular weight is 442 g/mol. The van der Waals surface area contributed by atoms with Crippen molar-refractivity contribution in [2.24, 2.45) is 5.92 Å². The molecule has 9 heteroatoms. The summed E-state index contributed by atoms with van der Waals surface area (Å²) in [5, 5.41) is 12.5. The van der Waals surface area contributed by atoms with Gasteiger partial charge in [0.05, 0.1) is 25.7 Å². The van der Waals surface area contributed by atoms with Gasteiger partial charge in [0.15, 0.2) is 5.16 Å². The molecule has 0 bridgehead atoms. The maximum Gasteiger partial charge on any atom is 0.234 e. The number of thioether (sulfide) groups is 1. The fourth-order valence-electron chi connectivity index (χ4n) is 3.53. The Labute approximate surface area is 186 Å². The summed E-state index contributed by atoms with van der Waals surface area (Å²) in [6, 6.07) is 11.1. The number of rotatable bonds is 8. The van der Waals surface area contributed by atoms with Crippen LogP contribution in [-0.2, 0) is 11.3 Å². The van der Waals surface area contributed by atoms with Gasteiger partial charge in [-0.25, -0.2) is 0 Å². The zero-order valence-corrected chi connectivity index (χ0v) is 18.6. The van der Waals surface area contributed by atoms with Crippen molar-refractivity contribution in [3.05, 3.63) is 48.4 Å². The molecule has 31 heavy (non-hydrogen) atoms. The first-order valence-corrected chi connectivity index (χ1v) is 11.4. The van der Waals surface area contributed by atoms with Gasteiger partial charge in [0.25, 0.3) is 0 Å². The number of carbonyl (C=O) groups is 1. The molecule has 1 aliphatic rings. The molecule has 1 aromatic carbocycles. The Balaban J connectivity index is 1.44. The van der Waals surface area contributed by atoms with Crippen LogP contribution in [0.25, 0.3) is 0 Å². The van der Waals surface area contributed by atoms with Crippen LogP contribution in [0.15, 0.2) is 52.2 Å². The van der Waals surface area contributed by atoms with Gasteiger partial charge in [0, 0.05) is 18.8 Å². The highest BCUT2D eigenvalue weighted by Gasteiger charge is 2.23. The normalized spacial score (nSPS) is 14.6. The summed E-state index contributed by atoms with van der Waals surface area (Å²) in [4.78, 5) is 14.7. The third kappa shape index (κ3) is 5.41. The average Bonchev–Trinajstić information content (AvgIpc) is 3.44. The SMILES string of the molecule is COc1ccc(NC(=O)CSc2nnc(N3CCC(C)CC3)n2Cc2ccco2)cc1. The van der Waals surface area contributed by atoms with E-state index in [2.05, 4.69) is 27.3 Å². The maximum atomic E-state index is 12.5. The van der Waals surface area contributed by atoms with Gasteiger partial charge in [0.1, 0.15) is 11.5 Å². The number of amides is 1. The minimum Gasteiger partial charge on any atom is -0.497 e. The number of hydrogen-bond donors (Lipinski definition) is 1. The van der Waals surface area contributed by atoms with Crippen molar-refractivity contribution in [1.29, 1.82) is 0 Å². The Morgan fingerprint density at radius 1 is 1.23 bits per heavy atom. The molecule has 0 saturated carbocycles. The van der Waals surface area contributed by atoms with E-state index in [9.17, 15) is 4.79 Å². The number of hydrogen-bond acceptors (Lipinski definition) is 7. The van der Waals surface area contributed by atoms with E-state index in [4.69, 9.17) is 9.15 Å². The molecule has 1 fully saturated rings. The fourth-order valence-corrected chi connectivity index (χ4v) is 4.26. The summed E-state index contributed by atoms with van der Waals surface area (Å²) >= 11 is 1.37. The summed E-state index contributed by atoms with van der Waals surface area (Å²) in [7, 11) is 1.61. The van der Waals surface area contributed by atoms with Crippen LogP contribution in [0, 0.1) is 5.92 Å². The van der Waals surface area contributed by atoms with E-state index in [0.717, 1.165) is 55.0 Å². The largest absolute Gasteiger partial charge is 0.497 e. The van der Waals surface area contributed by atoms with Gasteiger partial charge >= 0.3 is 0 Å². The Bertz CT molecular complexity index is 979. The molecule has 0 unspecified atom stereocenters. The molecule has 1 N–H and O–H groups in total. The third-order valence-corrected chi connectivity index (χ3v) is 6.33. The standard InChI is InChI=1S/C22H27N5O3S/c1-16-9-11-26(12-10-16)21-24-25-22(27(21)14-19-4-3-13-30-19)31-15-20(28)23-17-5-7-18(29-2)8-6-17/h3-8,13,16H,9-12,14-15H2,1-2H3,(H,23,28). The van der Waals surface area contributed by atoms with Crippen molar-refractivity contribution in [2.45, 2.75) is 31.5 Å². The predicted octanol–water partition coefficient (Wildman–Crippen LogP) is 3.90. The van der Waals surface area contributed by atoms with Gasteiger partial charge in [-0.1, -0.05) is 18.7 Å². The lowest BCUT2D eigenvalue weighted by Crippen LogP contribution is -2.35. The molecular formula is C22H27N5O3S. The highest BCUT2D eigenvalue weighted by Crippen LogP contribution is 2.27. The number of methoxy groups -OCH3 is 1. The van der Waals surface area contributed by atoms with Crippen LogP contribution in [0.5, 0.6) is 5.75 Å². The monoisotopic (exact) mass is 441 g/mol. The third-order valence-electron chi connectivity index (χ3n) is 5.36. The Hall–Kier alpha value is -2.94. The Morgan fingerprint density at radius 3 is 2.68 bits per heavy atom. The van der Waals surface area contributed by atoms with Crippen molar-refractivity contribution in [1.82, 2.24) is 14.8 Å². The molecule has 0 spiro atoms. The summed E-state index contributed by atoms with van der Waals surface area (Å²) in [6.07, 6.45) is 3.94. The number of nitrogens with one attached hydrogen (secondary N) is 1. The van der Waals surface area contributed by atoms with Gasteiger partial charge in [0.2, 0.25) is 11.9 Å². The minimum absolute atomic E-state index is 0.101. The fraction of sp³-hybridized carbons (Fsp3) is 0.409. The van der Waals surface area contributed by atoms with Crippen molar-refractivity contribution in [3.63, 3.8) is 0 Å². The number of anilines is 2. The van der Waals surface area contributed by atoms with Gasteiger partial charge in [-0.2, -0.15) is 0 Å². The number of nitrogens with zero attached hydrogens (tertiary/aromatic N) is 4. The van der Waals surface area contributed by atoms with E-state index < -0.39 is 0 Å². The van der Waals surface area contributed by atoms with E-state index >= 15 is 0 Å². The van der Waals surface area contributed by atoms with E-state index in [1.807, 2.05) is 41.0 Å². The predicted molar refractivity (Wildman–Crippen MR) is 121 cm³/mol. The lowest BCUT2D eigenvalue weighted by Gasteiger charge is -2.31. The summed E-state index contributed by atoms with van der Waals surface area (Å²) in [6.45, 7) is 4.73. The highest BCUT2D eigenvalue weighted by atomic mass is 32.2. The lowest BCUT2D eigenvalue weighted by molar-refractivity contribution is -0.113. The first-order valence-electron chi connectivity index (χ1n) is 10.4. The molecule has 2 aromatic heterocycles. The zero-order valence-electron chi connectivity index (χ0n) is 17.8. The molecule has 3 heterocycles. The minimum atomic E-state index is -0.101. The van der Waals surface area contributed by atoms with Crippen molar-refractivity contribution >= 4 is 29.3 Å². The van der Waals surface area contributed by atoms with Crippen LogP contribution in [-0.4, -0.2) is 46.6 Å². The molecule has 0 radical (unpaired) electrons. The smallest absolute Gasteiger partial charge is 0.234 e. The molecule has 3 aromatic rings. The number of ether oxygens (including phenoxy) is 1. The Morgan fingerprint density at radius 2 is 2.00 bits per heavy atom. The summed E-state index contributed by atoms with van der Waals surface area (Å²) < 4.78 is 12.7. The second-order valence-electron chi connectivity index (χ2n) is 7.68. The van der Waals surface area contributed by atoms with Crippen molar-refractivity contribution in [2.75, 3.05) is 36.2 Å². The molecular weight excluding hydrogens is 414 g/mol. The molecule has 164 valence electrons. The lowest BCUT2D eigenvalue weighted by atomic mass is 10.00. The number of piperidine rings is 1. The molecule has 4 rings (SSSR count). The van der Waals surface area contributed by atoms with Gasteiger partial charge in [-0.05, 0) is 55.2 Å². The second kappa shape index (κ2) is 9.91. The van der Waals surface area contributed by atoms with Crippen LogP contribution in [0.4, 0.5) is 11.6 Å². The van der Waals surface area contributed by atoms with E-state index in [0.29, 0.717) is 11.7 Å². The van der Waals surface area contributed by atoms with Crippen molar-refractivity contribution in [3.8, 4) is 5.75 Å². The van der Waals surface area contributed by atoms with Crippen LogP contribution < -0.4 is 15.0 Å². The first-order chi connectivity index (χ1) is 15.1. The van der Waals surface area contributed by atoms with Crippen LogP contribution in [0.1, 0.15) is 25.5 Å². The second-order valence-corrected chi connectivity index (χ2v) is 8.63. The van der Waals surface area contributed by atoms with E-state index in [-0.39, 0.29) is 11.7 Å². The first kappa shape index (κ1) is 21.3. The summed E-state index contributed by atoms with van der Waals surface area (Å²) in [5.74, 6) is 3.28. The quantitative estimate of drug-likeness (QED) is 0.531. The topological polar surface area (TPSA) is 85.4 Å². The van der Waals surface area contributed by atoms with Gasteiger partial charge in [-0.3, -0.25) is 9.36 Å². The van der Waals surface area contributed by atoms with Crippen LogP contribution >= 0.6 is 11.8 Å². The molecule has 0 atom stereocenters. The van der Waals surface area contributed by atoms with Gasteiger partial charge < -0.3 is 19.4 Å². The molecule has 0 aliphatic carbocycles. The van der Waals surface area contributed by atoms with E-state index in [1.54, 1.807) is 13.4 Å². The molecule has 1 aliphatic heterocycles. The Kier molecular flexibility index (Phi) is 6.81. The molecule has 8 nitrogen and oxygen atoms in total.